The number of hydrogen-bond donors (Lipinski definition) is 1. The molecule has 0 radical (unpaired) electrons. The summed E-state index contributed by atoms with van der Waals surface area (Å²) in [7, 11) is 0. The fourth-order valence-corrected chi connectivity index (χ4v) is 5.17. The van der Waals surface area contributed by atoms with Crippen LogP contribution >= 0.6 is 34.4 Å². The molecule has 0 saturated carbocycles. The topological polar surface area (TPSA) is 80.7 Å². The van der Waals surface area contributed by atoms with E-state index in [1.54, 1.807) is 17.7 Å². The Kier molecular flexibility index (Phi) is 5.65. The molecule has 0 aliphatic heterocycles. The molecule has 0 unspecified atom stereocenters. The largest absolute Gasteiger partial charge is 0.300 e. The molecule has 9 heteroatoms. The van der Waals surface area contributed by atoms with Gasteiger partial charge in [-0.15, -0.1) is 21.5 Å². The van der Waals surface area contributed by atoms with E-state index in [0.717, 1.165) is 26.7 Å². The molecule has 0 bridgehead atoms. The zero-order valence-electron chi connectivity index (χ0n) is 14.5. The van der Waals surface area contributed by atoms with E-state index < -0.39 is 0 Å². The van der Waals surface area contributed by atoms with Gasteiger partial charge in [0.15, 0.2) is 0 Å². The molecule has 1 amide bonds. The predicted octanol–water partition coefficient (Wildman–Crippen LogP) is 4.09. The number of nitrogens with one attached hydrogen (secondary N) is 1. The number of hydrogen-bond acceptors (Lipinski definition) is 8. The number of aromatic nitrogens is 4. The Morgan fingerprint density at radius 2 is 2.04 bits per heavy atom. The lowest BCUT2D eigenvalue weighted by Gasteiger charge is -2.03. The third kappa shape index (κ3) is 4.34. The molecule has 3 heterocycles. The van der Waals surface area contributed by atoms with Gasteiger partial charge in [0.05, 0.1) is 5.75 Å². The SMILES string of the molecule is Cc1sc2ncnc(SCC(=O)Nc3nnc(CC(C)C)s3)c2c1C. The molecule has 3 rings (SSSR count). The summed E-state index contributed by atoms with van der Waals surface area (Å²) in [6.45, 7) is 8.41. The van der Waals surface area contributed by atoms with E-state index in [9.17, 15) is 4.79 Å². The predicted molar refractivity (Wildman–Crippen MR) is 105 cm³/mol. The summed E-state index contributed by atoms with van der Waals surface area (Å²) in [5.74, 6) is 0.692. The van der Waals surface area contributed by atoms with Gasteiger partial charge in [0.25, 0.3) is 0 Å². The number of nitrogens with zero attached hydrogens (tertiary/aromatic N) is 4. The third-order valence-electron chi connectivity index (χ3n) is 3.57. The monoisotopic (exact) mass is 393 g/mol. The van der Waals surface area contributed by atoms with Gasteiger partial charge in [-0.25, -0.2) is 9.97 Å². The van der Waals surface area contributed by atoms with Crippen molar-refractivity contribution in [1.29, 1.82) is 0 Å². The lowest BCUT2D eigenvalue weighted by atomic mass is 10.1. The minimum absolute atomic E-state index is 0.103. The number of aryl methyl sites for hydroxylation is 2. The highest BCUT2D eigenvalue weighted by atomic mass is 32.2. The maximum absolute atomic E-state index is 12.2. The first-order valence-electron chi connectivity index (χ1n) is 7.89. The number of thioether (sulfide) groups is 1. The molecule has 0 atom stereocenters. The maximum Gasteiger partial charge on any atom is 0.236 e. The smallest absolute Gasteiger partial charge is 0.236 e. The molecule has 3 aromatic heterocycles. The minimum atomic E-state index is -0.103. The second-order valence-corrected chi connectivity index (χ2v) is 9.31. The lowest BCUT2D eigenvalue weighted by Crippen LogP contribution is -2.14. The molecule has 0 aromatic carbocycles. The summed E-state index contributed by atoms with van der Waals surface area (Å²) < 4.78 is 0. The van der Waals surface area contributed by atoms with Crippen LogP contribution in [0.5, 0.6) is 0 Å². The first-order chi connectivity index (χ1) is 11.9. The highest BCUT2D eigenvalue weighted by Gasteiger charge is 2.15. The van der Waals surface area contributed by atoms with Crippen LogP contribution in [0.25, 0.3) is 10.2 Å². The number of fused-ring (bicyclic) bond motifs is 1. The molecule has 6 nitrogen and oxygen atoms in total. The van der Waals surface area contributed by atoms with Crippen molar-refractivity contribution in [2.45, 2.75) is 39.1 Å². The van der Waals surface area contributed by atoms with E-state index in [4.69, 9.17) is 0 Å². The van der Waals surface area contributed by atoms with Crippen LogP contribution in [-0.2, 0) is 11.2 Å². The van der Waals surface area contributed by atoms with Crippen LogP contribution in [0, 0.1) is 19.8 Å². The summed E-state index contributed by atoms with van der Waals surface area (Å²) in [6.07, 6.45) is 2.43. The van der Waals surface area contributed by atoms with Gasteiger partial charge in [-0.3, -0.25) is 10.1 Å². The highest BCUT2D eigenvalue weighted by Crippen LogP contribution is 2.34. The molecule has 25 heavy (non-hydrogen) atoms. The minimum Gasteiger partial charge on any atom is -0.300 e. The number of anilines is 1. The number of carbonyl (C=O) groups excluding carboxylic acids is 1. The molecule has 0 aliphatic rings. The second kappa shape index (κ2) is 7.76. The van der Waals surface area contributed by atoms with Crippen molar-refractivity contribution in [3.8, 4) is 0 Å². The third-order valence-corrected chi connectivity index (χ3v) is 6.53. The second-order valence-electron chi connectivity index (χ2n) is 6.08. The Hall–Kier alpha value is -1.58. The van der Waals surface area contributed by atoms with E-state index >= 15 is 0 Å². The van der Waals surface area contributed by atoms with Crippen LogP contribution in [0.3, 0.4) is 0 Å². The van der Waals surface area contributed by atoms with Gasteiger partial charge in [0.1, 0.15) is 21.2 Å². The van der Waals surface area contributed by atoms with Gasteiger partial charge < -0.3 is 0 Å². The van der Waals surface area contributed by atoms with Gasteiger partial charge in [-0.05, 0) is 25.3 Å². The fourth-order valence-electron chi connectivity index (χ4n) is 2.28. The fraction of sp³-hybridized carbons (Fsp3) is 0.438. The summed E-state index contributed by atoms with van der Waals surface area (Å²) in [6, 6.07) is 0. The van der Waals surface area contributed by atoms with E-state index in [-0.39, 0.29) is 11.7 Å². The first-order valence-corrected chi connectivity index (χ1v) is 10.5. The Morgan fingerprint density at radius 3 is 2.80 bits per heavy atom. The quantitative estimate of drug-likeness (QED) is 0.502. The van der Waals surface area contributed by atoms with Crippen molar-refractivity contribution in [1.82, 2.24) is 20.2 Å². The van der Waals surface area contributed by atoms with Crippen molar-refractivity contribution >= 4 is 55.7 Å². The summed E-state index contributed by atoms with van der Waals surface area (Å²) >= 11 is 4.51. The van der Waals surface area contributed by atoms with E-state index in [1.807, 2.05) is 0 Å². The van der Waals surface area contributed by atoms with Crippen LogP contribution in [0.4, 0.5) is 5.13 Å². The zero-order chi connectivity index (χ0) is 18.0. The van der Waals surface area contributed by atoms with Gasteiger partial charge in [0, 0.05) is 16.7 Å². The number of thiophene rings is 1. The Bertz CT molecular complexity index is 902. The van der Waals surface area contributed by atoms with E-state index in [1.165, 1.54) is 33.5 Å². The summed E-state index contributed by atoms with van der Waals surface area (Å²) in [5, 5.41) is 14.4. The van der Waals surface area contributed by atoms with Crippen molar-refractivity contribution < 1.29 is 4.79 Å². The molecule has 1 N–H and O–H groups in total. The van der Waals surface area contributed by atoms with Crippen molar-refractivity contribution in [2.75, 3.05) is 11.1 Å². The van der Waals surface area contributed by atoms with Crippen LogP contribution in [0.1, 0.15) is 29.3 Å². The van der Waals surface area contributed by atoms with Gasteiger partial charge in [-0.1, -0.05) is 36.9 Å². The Morgan fingerprint density at radius 1 is 1.24 bits per heavy atom. The molecule has 132 valence electrons. The van der Waals surface area contributed by atoms with Gasteiger partial charge in [-0.2, -0.15) is 0 Å². The lowest BCUT2D eigenvalue weighted by molar-refractivity contribution is -0.113. The molecular formula is C16H19N5OS3. The average Bonchev–Trinajstić information content (AvgIpc) is 3.10. The van der Waals surface area contributed by atoms with Gasteiger partial charge in [0.2, 0.25) is 11.0 Å². The zero-order valence-corrected chi connectivity index (χ0v) is 16.9. The number of carbonyl (C=O) groups is 1. The molecule has 0 saturated heterocycles. The average molecular weight is 394 g/mol. The molecular weight excluding hydrogens is 374 g/mol. The van der Waals surface area contributed by atoms with Crippen molar-refractivity contribution in [2.24, 2.45) is 5.92 Å². The number of amides is 1. The van der Waals surface area contributed by atoms with Crippen molar-refractivity contribution in [3.63, 3.8) is 0 Å². The Labute approximate surface area is 158 Å². The molecule has 0 fully saturated rings. The maximum atomic E-state index is 12.2. The highest BCUT2D eigenvalue weighted by molar-refractivity contribution is 8.00. The van der Waals surface area contributed by atoms with Crippen LogP contribution in [0.15, 0.2) is 11.4 Å². The van der Waals surface area contributed by atoms with Crippen LogP contribution < -0.4 is 5.32 Å². The van der Waals surface area contributed by atoms with Gasteiger partial charge >= 0.3 is 0 Å². The normalized spacial score (nSPS) is 11.4. The van der Waals surface area contributed by atoms with Crippen molar-refractivity contribution in [3.05, 3.63) is 21.8 Å². The van der Waals surface area contributed by atoms with E-state index in [2.05, 4.69) is 53.2 Å². The molecule has 3 aromatic rings. The van der Waals surface area contributed by atoms with E-state index in [0.29, 0.717) is 11.0 Å². The number of rotatable bonds is 6. The van der Waals surface area contributed by atoms with Crippen LogP contribution in [-0.4, -0.2) is 31.8 Å². The Balaban J connectivity index is 1.64. The summed E-state index contributed by atoms with van der Waals surface area (Å²) in [4.78, 5) is 23.1. The molecule has 0 aliphatic carbocycles. The summed E-state index contributed by atoms with van der Waals surface area (Å²) in [5.41, 5.74) is 1.19. The first kappa shape index (κ1) is 18.2. The standard InChI is InChI=1S/C16H19N5OS3/c1-8(2)5-12-20-21-16(25-12)19-11(22)6-23-14-13-9(3)10(4)24-15(13)18-7-17-14/h7-8H,5-6H2,1-4H3,(H,19,21,22). The molecule has 0 spiro atoms. The van der Waals surface area contributed by atoms with Crippen LogP contribution in [0.2, 0.25) is 0 Å².